The van der Waals surface area contributed by atoms with E-state index in [-0.39, 0.29) is 31.4 Å². The zero-order valence-electron chi connectivity index (χ0n) is 10.5. The molecule has 0 unspecified atom stereocenters. The van der Waals surface area contributed by atoms with Crippen LogP contribution < -0.4 is 10.6 Å². The van der Waals surface area contributed by atoms with Gasteiger partial charge in [0.2, 0.25) is 5.91 Å². The standard InChI is InChI=1S/C12H16F2N2O2.ClH/c1-18-3-2-15-8-12(17)16-7-9-4-10(13)6-11(14)5-9;/h4-6,15H,2-3,7-8H2,1H3,(H,16,17);1H. The number of benzene rings is 1. The van der Waals surface area contributed by atoms with Crippen LogP contribution in [0.25, 0.3) is 0 Å². The second-order valence-electron chi connectivity index (χ2n) is 3.72. The Morgan fingerprint density at radius 1 is 1.26 bits per heavy atom. The van der Waals surface area contributed by atoms with Crippen LogP contribution >= 0.6 is 12.4 Å². The van der Waals surface area contributed by atoms with E-state index in [4.69, 9.17) is 4.74 Å². The molecule has 1 amide bonds. The van der Waals surface area contributed by atoms with Crippen molar-refractivity contribution < 1.29 is 18.3 Å². The lowest BCUT2D eigenvalue weighted by atomic mass is 10.2. The first-order valence-corrected chi connectivity index (χ1v) is 5.53. The van der Waals surface area contributed by atoms with E-state index in [1.54, 1.807) is 7.11 Å². The van der Waals surface area contributed by atoms with Crippen LogP contribution in [0.5, 0.6) is 0 Å². The summed E-state index contributed by atoms with van der Waals surface area (Å²) < 4.78 is 30.5. The number of halogens is 3. The Morgan fingerprint density at radius 2 is 1.89 bits per heavy atom. The molecule has 0 fully saturated rings. The smallest absolute Gasteiger partial charge is 0.234 e. The molecule has 1 aromatic rings. The van der Waals surface area contributed by atoms with Gasteiger partial charge < -0.3 is 15.4 Å². The van der Waals surface area contributed by atoms with Gasteiger partial charge >= 0.3 is 0 Å². The lowest BCUT2D eigenvalue weighted by Crippen LogP contribution is -2.34. The fourth-order valence-corrected chi connectivity index (χ4v) is 1.35. The first kappa shape index (κ1) is 17.8. The van der Waals surface area contributed by atoms with Gasteiger partial charge in [0, 0.05) is 26.3 Å². The van der Waals surface area contributed by atoms with Crippen molar-refractivity contribution in [3.63, 3.8) is 0 Å². The van der Waals surface area contributed by atoms with Crippen LogP contribution in [0.4, 0.5) is 8.78 Å². The number of carbonyl (C=O) groups excluding carboxylic acids is 1. The summed E-state index contributed by atoms with van der Waals surface area (Å²) in [5.74, 6) is -1.55. The van der Waals surface area contributed by atoms with Gasteiger partial charge in [0.05, 0.1) is 13.2 Å². The van der Waals surface area contributed by atoms with E-state index < -0.39 is 11.6 Å². The molecule has 0 aliphatic rings. The minimum Gasteiger partial charge on any atom is -0.383 e. The highest BCUT2D eigenvalue weighted by Gasteiger charge is 2.03. The number of hydrogen-bond acceptors (Lipinski definition) is 3. The SMILES string of the molecule is COCCNCC(=O)NCc1cc(F)cc(F)c1.Cl. The van der Waals surface area contributed by atoms with Crippen LogP contribution in [0.2, 0.25) is 0 Å². The van der Waals surface area contributed by atoms with Crippen LogP contribution in [0.3, 0.4) is 0 Å². The Balaban J connectivity index is 0.00000324. The van der Waals surface area contributed by atoms with E-state index in [2.05, 4.69) is 10.6 Å². The van der Waals surface area contributed by atoms with Crippen molar-refractivity contribution in [1.82, 2.24) is 10.6 Å². The fraction of sp³-hybridized carbons (Fsp3) is 0.417. The number of methoxy groups -OCH3 is 1. The Kier molecular flexibility index (Phi) is 9.03. The molecule has 0 spiro atoms. The molecule has 0 aromatic heterocycles. The highest BCUT2D eigenvalue weighted by atomic mass is 35.5. The van der Waals surface area contributed by atoms with Crippen LogP contribution in [0.15, 0.2) is 18.2 Å². The second kappa shape index (κ2) is 9.66. The van der Waals surface area contributed by atoms with E-state index in [0.717, 1.165) is 6.07 Å². The maximum absolute atomic E-state index is 12.9. The Hall–Kier alpha value is -1.24. The van der Waals surface area contributed by atoms with E-state index in [1.165, 1.54) is 12.1 Å². The molecule has 1 rings (SSSR count). The second-order valence-corrected chi connectivity index (χ2v) is 3.72. The maximum Gasteiger partial charge on any atom is 0.234 e. The van der Waals surface area contributed by atoms with Crippen molar-refractivity contribution in [2.24, 2.45) is 0 Å². The molecule has 19 heavy (non-hydrogen) atoms. The van der Waals surface area contributed by atoms with Gasteiger partial charge in [-0.2, -0.15) is 0 Å². The number of hydrogen-bond donors (Lipinski definition) is 2. The quantitative estimate of drug-likeness (QED) is 0.744. The van der Waals surface area contributed by atoms with E-state index >= 15 is 0 Å². The highest BCUT2D eigenvalue weighted by molar-refractivity contribution is 5.85. The maximum atomic E-state index is 12.9. The van der Waals surface area contributed by atoms with Gasteiger partial charge in [-0.05, 0) is 17.7 Å². The number of carbonyl (C=O) groups is 1. The number of nitrogens with one attached hydrogen (secondary N) is 2. The summed E-state index contributed by atoms with van der Waals surface area (Å²) in [6.45, 7) is 1.32. The third-order valence-electron chi connectivity index (χ3n) is 2.18. The van der Waals surface area contributed by atoms with E-state index in [1.807, 2.05) is 0 Å². The van der Waals surface area contributed by atoms with Gasteiger partial charge in [-0.1, -0.05) is 0 Å². The van der Waals surface area contributed by atoms with Crippen molar-refractivity contribution >= 4 is 18.3 Å². The summed E-state index contributed by atoms with van der Waals surface area (Å²) in [6.07, 6.45) is 0. The predicted octanol–water partition coefficient (Wildman–Crippen LogP) is 1.24. The highest BCUT2D eigenvalue weighted by Crippen LogP contribution is 2.07. The molecule has 0 radical (unpaired) electrons. The summed E-state index contributed by atoms with van der Waals surface area (Å²) in [5.41, 5.74) is 0.387. The predicted molar refractivity (Wildman–Crippen MR) is 70.2 cm³/mol. The fourth-order valence-electron chi connectivity index (χ4n) is 1.35. The van der Waals surface area contributed by atoms with E-state index in [0.29, 0.717) is 18.7 Å². The molecule has 0 aliphatic heterocycles. The Bertz CT molecular complexity index is 385. The molecule has 0 saturated carbocycles. The van der Waals surface area contributed by atoms with Gasteiger partial charge in [-0.3, -0.25) is 4.79 Å². The van der Waals surface area contributed by atoms with Gasteiger partial charge in [-0.15, -0.1) is 12.4 Å². The summed E-state index contributed by atoms with van der Waals surface area (Å²) in [6, 6.07) is 3.15. The first-order valence-electron chi connectivity index (χ1n) is 5.53. The zero-order chi connectivity index (χ0) is 13.4. The Morgan fingerprint density at radius 3 is 2.47 bits per heavy atom. The molecule has 7 heteroatoms. The zero-order valence-corrected chi connectivity index (χ0v) is 11.4. The van der Waals surface area contributed by atoms with Crippen molar-refractivity contribution in [2.45, 2.75) is 6.54 Å². The average Bonchev–Trinajstić information content (AvgIpc) is 2.31. The van der Waals surface area contributed by atoms with Gasteiger partial charge in [0.1, 0.15) is 11.6 Å². The molecule has 108 valence electrons. The molecule has 2 N–H and O–H groups in total. The molecule has 0 heterocycles. The van der Waals surface area contributed by atoms with Crippen molar-refractivity contribution in [3.8, 4) is 0 Å². The van der Waals surface area contributed by atoms with Gasteiger partial charge in [0.15, 0.2) is 0 Å². The molecular formula is C12H17ClF2N2O2. The summed E-state index contributed by atoms with van der Waals surface area (Å²) in [4.78, 5) is 11.3. The van der Waals surface area contributed by atoms with Crippen molar-refractivity contribution in [1.29, 1.82) is 0 Å². The topological polar surface area (TPSA) is 50.4 Å². The molecular weight excluding hydrogens is 278 g/mol. The summed E-state index contributed by atoms with van der Waals surface area (Å²) in [7, 11) is 1.57. The lowest BCUT2D eigenvalue weighted by Gasteiger charge is -2.07. The minimum absolute atomic E-state index is 0. The summed E-state index contributed by atoms with van der Waals surface area (Å²) >= 11 is 0. The lowest BCUT2D eigenvalue weighted by molar-refractivity contribution is -0.120. The number of rotatable bonds is 7. The van der Waals surface area contributed by atoms with Crippen LogP contribution in [0.1, 0.15) is 5.56 Å². The van der Waals surface area contributed by atoms with Gasteiger partial charge in [-0.25, -0.2) is 8.78 Å². The number of amides is 1. The van der Waals surface area contributed by atoms with Gasteiger partial charge in [0.25, 0.3) is 0 Å². The van der Waals surface area contributed by atoms with E-state index in [9.17, 15) is 13.6 Å². The molecule has 0 atom stereocenters. The van der Waals surface area contributed by atoms with Crippen molar-refractivity contribution in [2.75, 3.05) is 26.8 Å². The average molecular weight is 295 g/mol. The largest absolute Gasteiger partial charge is 0.383 e. The summed E-state index contributed by atoms with van der Waals surface area (Å²) in [5, 5.41) is 5.41. The minimum atomic E-state index is -0.655. The normalized spacial score (nSPS) is 9.84. The molecule has 1 aromatic carbocycles. The van der Waals surface area contributed by atoms with Crippen LogP contribution in [-0.4, -0.2) is 32.7 Å². The molecule has 0 bridgehead atoms. The third kappa shape index (κ3) is 7.71. The molecule has 0 aliphatic carbocycles. The van der Waals surface area contributed by atoms with Crippen LogP contribution in [0, 0.1) is 11.6 Å². The monoisotopic (exact) mass is 294 g/mol. The third-order valence-corrected chi connectivity index (χ3v) is 2.18. The Labute approximate surface area is 116 Å². The number of ether oxygens (including phenoxy) is 1. The van der Waals surface area contributed by atoms with Crippen molar-refractivity contribution in [3.05, 3.63) is 35.4 Å². The molecule has 0 saturated heterocycles. The first-order chi connectivity index (χ1) is 8.61. The molecule has 4 nitrogen and oxygen atoms in total. The van der Waals surface area contributed by atoms with Crippen LogP contribution in [-0.2, 0) is 16.1 Å².